The van der Waals surface area contributed by atoms with E-state index in [1.165, 1.54) is 5.56 Å². The van der Waals surface area contributed by atoms with E-state index in [0.29, 0.717) is 0 Å². The van der Waals surface area contributed by atoms with Gasteiger partial charge in [-0.3, -0.25) is 0 Å². The molecule has 2 atom stereocenters. The first-order chi connectivity index (χ1) is 9.02. The molecule has 0 heterocycles. The zero-order valence-electron chi connectivity index (χ0n) is 11.9. The van der Waals surface area contributed by atoms with Crippen molar-refractivity contribution >= 4 is 0 Å². The lowest BCUT2D eigenvalue weighted by molar-refractivity contribution is -0.0241. The number of rotatable bonds is 4. The van der Waals surface area contributed by atoms with E-state index in [0.717, 1.165) is 12.0 Å². The van der Waals surface area contributed by atoms with Gasteiger partial charge in [0, 0.05) is 5.41 Å². The van der Waals surface area contributed by atoms with Gasteiger partial charge in [0.2, 0.25) is 0 Å². The van der Waals surface area contributed by atoms with Crippen LogP contribution in [-0.2, 0) is 11.0 Å². The lowest BCUT2D eigenvalue weighted by Gasteiger charge is -2.43. The molecule has 100 valence electrons. The maximum Gasteiger partial charge on any atom is 0.0961 e. The minimum absolute atomic E-state index is 0.310. The maximum absolute atomic E-state index is 11.2. The van der Waals surface area contributed by atoms with Crippen LogP contribution < -0.4 is 0 Å². The van der Waals surface area contributed by atoms with Crippen LogP contribution in [0, 0.1) is 0 Å². The molecule has 0 spiro atoms. The summed E-state index contributed by atoms with van der Waals surface area (Å²) in [7, 11) is 0. The quantitative estimate of drug-likeness (QED) is 0.864. The van der Waals surface area contributed by atoms with Gasteiger partial charge in [-0.25, -0.2) is 0 Å². The molecule has 1 heteroatoms. The zero-order valence-corrected chi connectivity index (χ0v) is 11.9. The summed E-state index contributed by atoms with van der Waals surface area (Å²) in [5.41, 5.74) is 0.925. The number of hydrogen-bond acceptors (Lipinski definition) is 1. The van der Waals surface area contributed by atoms with Crippen LogP contribution in [0.5, 0.6) is 0 Å². The molecule has 2 aromatic carbocycles. The Hall–Kier alpha value is -1.60. The van der Waals surface area contributed by atoms with Crippen LogP contribution in [0.25, 0.3) is 0 Å². The Balaban J connectivity index is 2.52. The van der Waals surface area contributed by atoms with E-state index < -0.39 is 5.60 Å². The summed E-state index contributed by atoms with van der Waals surface area (Å²) in [4.78, 5) is 0. The molecule has 0 amide bonds. The van der Waals surface area contributed by atoms with Crippen molar-refractivity contribution in [1.29, 1.82) is 0 Å². The largest absolute Gasteiger partial charge is 0.385 e. The first kappa shape index (κ1) is 13.8. The molecular formula is C18H22O. The van der Waals surface area contributed by atoms with Crippen LogP contribution in [-0.4, -0.2) is 5.11 Å². The Bertz CT molecular complexity index is 516. The normalized spacial score (nSPS) is 17.5. The van der Waals surface area contributed by atoms with Crippen molar-refractivity contribution in [2.45, 2.75) is 38.2 Å². The molecule has 1 N–H and O–H groups in total. The molecule has 2 rings (SSSR count). The summed E-state index contributed by atoms with van der Waals surface area (Å²) >= 11 is 0. The van der Waals surface area contributed by atoms with Gasteiger partial charge >= 0.3 is 0 Å². The molecule has 0 unspecified atom stereocenters. The zero-order chi connectivity index (χ0) is 13.9. The topological polar surface area (TPSA) is 20.2 Å². The summed E-state index contributed by atoms with van der Waals surface area (Å²) in [5, 5.41) is 11.2. The van der Waals surface area contributed by atoms with E-state index in [9.17, 15) is 5.11 Å². The van der Waals surface area contributed by atoms with Crippen molar-refractivity contribution < 1.29 is 5.11 Å². The van der Waals surface area contributed by atoms with Crippen molar-refractivity contribution in [3.8, 4) is 0 Å². The van der Waals surface area contributed by atoms with Crippen molar-refractivity contribution in [3.05, 3.63) is 71.8 Å². The molecular weight excluding hydrogens is 232 g/mol. The average Bonchev–Trinajstić information content (AvgIpc) is 2.48. The lowest BCUT2D eigenvalue weighted by atomic mass is 9.65. The van der Waals surface area contributed by atoms with Crippen molar-refractivity contribution in [1.82, 2.24) is 0 Å². The predicted octanol–water partition coefficient (Wildman–Crippen LogP) is 4.26. The van der Waals surface area contributed by atoms with Crippen molar-refractivity contribution in [2.75, 3.05) is 0 Å². The van der Waals surface area contributed by atoms with E-state index in [-0.39, 0.29) is 5.41 Å². The van der Waals surface area contributed by atoms with E-state index in [4.69, 9.17) is 0 Å². The van der Waals surface area contributed by atoms with Gasteiger partial charge in [0.05, 0.1) is 5.60 Å². The lowest BCUT2D eigenvalue weighted by Crippen LogP contribution is -2.44. The van der Waals surface area contributed by atoms with Crippen LogP contribution in [0.1, 0.15) is 38.3 Å². The first-order valence-electron chi connectivity index (χ1n) is 6.86. The molecule has 0 saturated carbocycles. The van der Waals surface area contributed by atoms with Gasteiger partial charge in [-0.05, 0) is 24.5 Å². The molecule has 0 aliphatic carbocycles. The minimum Gasteiger partial charge on any atom is -0.385 e. The Morgan fingerprint density at radius 2 is 1.21 bits per heavy atom. The fourth-order valence-electron chi connectivity index (χ4n) is 2.72. The molecule has 0 aliphatic heterocycles. The van der Waals surface area contributed by atoms with Gasteiger partial charge in [-0.1, -0.05) is 74.5 Å². The molecule has 0 saturated heterocycles. The third-order valence-electron chi connectivity index (χ3n) is 4.53. The van der Waals surface area contributed by atoms with E-state index >= 15 is 0 Å². The highest BCUT2D eigenvalue weighted by Crippen LogP contribution is 2.44. The Morgan fingerprint density at radius 3 is 1.63 bits per heavy atom. The second kappa shape index (κ2) is 5.18. The standard InChI is InChI=1S/C18H22O/c1-4-17(2,15-11-7-5-8-12-15)18(3,19)16-13-9-6-10-14-16/h5-14,19H,4H2,1-3H3/t17-,18-/m0/s1. The highest BCUT2D eigenvalue weighted by molar-refractivity contribution is 5.34. The van der Waals surface area contributed by atoms with Gasteiger partial charge in [0.25, 0.3) is 0 Å². The highest BCUT2D eigenvalue weighted by Gasteiger charge is 2.44. The van der Waals surface area contributed by atoms with Crippen LogP contribution in [0.3, 0.4) is 0 Å². The summed E-state index contributed by atoms with van der Waals surface area (Å²) in [6.07, 6.45) is 0.874. The second-order valence-corrected chi connectivity index (χ2v) is 5.49. The Labute approximate surface area is 115 Å². The van der Waals surface area contributed by atoms with E-state index in [1.807, 2.05) is 55.5 Å². The van der Waals surface area contributed by atoms with Crippen molar-refractivity contribution in [2.24, 2.45) is 0 Å². The summed E-state index contributed by atoms with van der Waals surface area (Å²) in [6, 6.07) is 20.2. The summed E-state index contributed by atoms with van der Waals surface area (Å²) < 4.78 is 0. The molecule has 0 bridgehead atoms. The number of benzene rings is 2. The molecule has 19 heavy (non-hydrogen) atoms. The number of aliphatic hydroxyl groups is 1. The molecule has 2 aromatic rings. The molecule has 1 nitrogen and oxygen atoms in total. The van der Waals surface area contributed by atoms with Gasteiger partial charge < -0.3 is 5.11 Å². The molecule has 0 aromatic heterocycles. The Kier molecular flexibility index (Phi) is 3.77. The minimum atomic E-state index is -0.898. The molecule has 0 radical (unpaired) electrons. The van der Waals surface area contributed by atoms with Gasteiger partial charge in [-0.2, -0.15) is 0 Å². The summed E-state index contributed by atoms with van der Waals surface area (Å²) in [5.74, 6) is 0. The van der Waals surface area contributed by atoms with Crippen molar-refractivity contribution in [3.63, 3.8) is 0 Å². The molecule has 0 fully saturated rings. The third kappa shape index (κ3) is 2.31. The van der Waals surface area contributed by atoms with E-state index in [1.54, 1.807) is 0 Å². The average molecular weight is 254 g/mol. The highest BCUT2D eigenvalue weighted by atomic mass is 16.3. The predicted molar refractivity (Wildman–Crippen MR) is 80.1 cm³/mol. The maximum atomic E-state index is 11.2. The van der Waals surface area contributed by atoms with Crippen LogP contribution in [0.4, 0.5) is 0 Å². The van der Waals surface area contributed by atoms with Crippen LogP contribution >= 0.6 is 0 Å². The third-order valence-corrected chi connectivity index (χ3v) is 4.53. The SMILES string of the molecule is CC[C@@](C)(c1ccccc1)[C@@](C)(O)c1ccccc1. The first-order valence-corrected chi connectivity index (χ1v) is 6.86. The summed E-state index contributed by atoms with van der Waals surface area (Å²) in [6.45, 7) is 6.18. The fraction of sp³-hybridized carbons (Fsp3) is 0.333. The Morgan fingerprint density at radius 1 is 0.789 bits per heavy atom. The number of hydrogen-bond donors (Lipinski definition) is 1. The van der Waals surface area contributed by atoms with E-state index in [2.05, 4.69) is 26.0 Å². The van der Waals surface area contributed by atoms with Crippen LogP contribution in [0.15, 0.2) is 60.7 Å². The monoisotopic (exact) mass is 254 g/mol. The van der Waals surface area contributed by atoms with Gasteiger partial charge in [0.15, 0.2) is 0 Å². The van der Waals surface area contributed by atoms with Crippen LogP contribution in [0.2, 0.25) is 0 Å². The van der Waals surface area contributed by atoms with Gasteiger partial charge in [0.1, 0.15) is 0 Å². The van der Waals surface area contributed by atoms with Gasteiger partial charge in [-0.15, -0.1) is 0 Å². The smallest absolute Gasteiger partial charge is 0.0961 e. The second-order valence-electron chi connectivity index (χ2n) is 5.49. The fourth-order valence-corrected chi connectivity index (χ4v) is 2.72. The molecule has 0 aliphatic rings.